The Morgan fingerprint density at radius 3 is 2.35 bits per heavy atom. The number of allylic oxidation sites excluding steroid dienone is 1. The first-order chi connectivity index (χ1) is 9.38. The van der Waals surface area contributed by atoms with E-state index in [9.17, 15) is 13.2 Å². The first-order valence-electron chi connectivity index (χ1n) is 6.45. The molecule has 1 aromatic rings. The van der Waals surface area contributed by atoms with Crippen LogP contribution in [0.2, 0.25) is 0 Å². The van der Waals surface area contributed by atoms with Gasteiger partial charge in [0.15, 0.2) is 0 Å². The number of nitrogens with one attached hydrogen (secondary N) is 1. The molecule has 6 heteroatoms. The third-order valence-corrected chi connectivity index (χ3v) is 3.94. The molecule has 0 fully saturated rings. The number of benzene rings is 1. The average Bonchev–Trinajstić information content (AvgIpc) is 2.39. The number of amides is 1. The largest absolute Gasteiger partial charge is 0.352 e. The van der Waals surface area contributed by atoms with Gasteiger partial charge in [0.1, 0.15) is 0 Å². The van der Waals surface area contributed by atoms with Crippen LogP contribution in [0.1, 0.15) is 32.3 Å². The number of rotatable bonds is 6. The van der Waals surface area contributed by atoms with Crippen molar-refractivity contribution in [3.05, 3.63) is 40.8 Å². The van der Waals surface area contributed by atoms with Gasteiger partial charge in [0.25, 0.3) is 5.91 Å². The quantitative estimate of drug-likeness (QED) is 0.617. The Balaban J connectivity index is 3.20. The summed E-state index contributed by atoms with van der Waals surface area (Å²) in [4.78, 5) is 12.1. The van der Waals surface area contributed by atoms with Gasteiger partial charge < -0.3 is 5.32 Å². The van der Waals surface area contributed by atoms with E-state index in [4.69, 9.17) is 5.14 Å². The summed E-state index contributed by atoms with van der Waals surface area (Å²) < 4.78 is 23.0. The SMILES string of the molecule is CCCCNC(=O)C(=C(C)S(N)(=O)=O)c1ccccc1. The van der Waals surface area contributed by atoms with Crippen LogP contribution in [0.4, 0.5) is 0 Å². The molecule has 0 heterocycles. The van der Waals surface area contributed by atoms with Crippen LogP contribution in [-0.4, -0.2) is 20.9 Å². The van der Waals surface area contributed by atoms with Crippen LogP contribution in [0, 0.1) is 0 Å². The van der Waals surface area contributed by atoms with Gasteiger partial charge in [-0.25, -0.2) is 13.6 Å². The normalized spacial score (nSPS) is 12.8. The van der Waals surface area contributed by atoms with Crippen molar-refractivity contribution < 1.29 is 13.2 Å². The first kappa shape index (κ1) is 16.4. The number of hydrogen-bond acceptors (Lipinski definition) is 3. The minimum atomic E-state index is -3.91. The summed E-state index contributed by atoms with van der Waals surface area (Å²) in [5.41, 5.74) is 0.636. The molecule has 20 heavy (non-hydrogen) atoms. The molecule has 0 saturated carbocycles. The second-order valence-electron chi connectivity index (χ2n) is 4.45. The van der Waals surface area contributed by atoms with Gasteiger partial charge in [-0.15, -0.1) is 0 Å². The van der Waals surface area contributed by atoms with Crippen molar-refractivity contribution in [3.8, 4) is 0 Å². The molecule has 3 N–H and O–H groups in total. The smallest absolute Gasteiger partial charge is 0.252 e. The van der Waals surface area contributed by atoms with Gasteiger partial charge in [-0.2, -0.15) is 0 Å². The molecule has 0 bridgehead atoms. The average molecular weight is 296 g/mol. The van der Waals surface area contributed by atoms with Crippen LogP contribution in [0.3, 0.4) is 0 Å². The summed E-state index contributed by atoms with van der Waals surface area (Å²) in [5.74, 6) is -0.420. The number of sulfonamides is 1. The highest BCUT2D eigenvalue weighted by Crippen LogP contribution is 2.21. The van der Waals surface area contributed by atoms with E-state index in [0.717, 1.165) is 12.8 Å². The Hall–Kier alpha value is -1.66. The van der Waals surface area contributed by atoms with Crippen molar-refractivity contribution in [3.63, 3.8) is 0 Å². The van der Waals surface area contributed by atoms with E-state index >= 15 is 0 Å². The number of carbonyl (C=O) groups is 1. The Morgan fingerprint density at radius 2 is 1.85 bits per heavy atom. The van der Waals surface area contributed by atoms with Gasteiger partial charge in [0.2, 0.25) is 10.0 Å². The fourth-order valence-electron chi connectivity index (χ4n) is 1.71. The highest BCUT2D eigenvalue weighted by molar-refractivity contribution is 7.93. The van der Waals surface area contributed by atoms with E-state index in [2.05, 4.69) is 5.32 Å². The van der Waals surface area contributed by atoms with E-state index in [0.29, 0.717) is 12.1 Å². The number of nitrogens with two attached hydrogens (primary N) is 1. The van der Waals surface area contributed by atoms with Crippen molar-refractivity contribution in [2.45, 2.75) is 26.7 Å². The number of unbranched alkanes of at least 4 members (excludes halogenated alkanes) is 1. The maximum atomic E-state index is 12.2. The minimum absolute atomic E-state index is 0.101. The van der Waals surface area contributed by atoms with Crippen molar-refractivity contribution in [2.75, 3.05) is 6.54 Å². The van der Waals surface area contributed by atoms with Crippen LogP contribution in [0.25, 0.3) is 5.57 Å². The molecule has 1 rings (SSSR count). The zero-order valence-electron chi connectivity index (χ0n) is 11.7. The standard InChI is InChI=1S/C14H20N2O3S/c1-3-4-10-16-14(17)13(11(2)20(15,18)19)12-8-6-5-7-9-12/h5-9H,3-4,10H2,1-2H3,(H,16,17)(H2,15,18,19). The number of primary sulfonamides is 1. The lowest BCUT2D eigenvalue weighted by Gasteiger charge is -2.12. The fraction of sp³-hybridized carbons (Fsp3) is 0.357. The molecule has 0 aromatic heterocycles. The zero-order valence-corrected chi connectivity index (χ0v) is 12.5. The molecule has 0 saturated heterocycles. The van der Waals surface area contributed by atoms with Crippen molar-refractivity contribution >= 4 is 21.5 Å². The molecule has 0 spiro atoms. The molecular weight excluding hydrogens is 276 g/mol. The summed E-state index contributed by atoms with van der Waals surface area (Å²) in [5, 5.41) is 7.86. The van der Waals surface area contributed by atoms with E-state index in [1.807, 2.05) is 6.92 Å². The second kappa shape index (κ2) is 7.21. The molecule has 0 unspecified atom stereocenters. The lowest BCUT2D eigenvalue weighted by molar-refractivity contribution is -0.115. The summed E-state index contributed by atoms with van der Waals surface area (Å²) in [7, 11) is -3.91. The van der Waals surface area contributed by atoms with E-state index in [-0.39, 0.29) is 10.5 Å². The first-order valence-corrected chi connectivity index (χ1v) is 7.99. The second-order valence-corrected chi connectivity index (χ2v) is 6.15. The number of carbonyl (C=O) groups excluding carboxylic acids is 1. The van der Waals surface area contributed by atoms with Crippen LogP contribution < -0.4 is 10.5 Å². The summed E-state index contributed by atoms with van der Waals surface area (Å²) in [6.07, 6.45) is 1.78. The van der Waals surface area contributed by atoms with Gasteiger partial charge >= 0.3 is 0 Å². The topological polar surface area (TPSA) is 89.3 Å². The summed E-state index contributed by atoms with van der Waals surface area (Å²) in [6, 6.07) is 8.64. The molecule has 110 valence electrons. The lowest BCUT2D eigenvalue weighted by Crippen LogP contribution is -2.28. The highest BCUT2D eigenvalue weighted by atomic mass is 32.2. The molecule has 1 amide bonds. The highest BCUT2D eigenvalue weighted by Gasteiger charge is 2.20. The van der Waals surface area contributed by atoms with Crippen molar-refractivity contribution in [1.29, 1.82) is 0 Å². The van der Waals surface area contributed by atoms with Crippen LogP contribution in [0.15, 0.2) is 35.2 Å². The molecule has 0 aliphatic carbocycles. The van der Waals surface area contributed by atoms with Crippen LogP contribution in [0.5, 0.6) is 0 Å². The van der Waals surface area contributed by atoms with E-state index in [1.54, 1.807) is 30.3 Å². The molecule has 0 aliphatic rings. The van der Waals surface area contributed by atoms with Gasteiger partial charge in [0, 0.05) is 6.54 Å². The minimum Gasteiger partial charge on any atom is -0.352 e. The Morgan fingerprint density at radius 1 is 1.25 bits per heavy atom. The molecule has 0 aliphatic heterocycles. The number of hydrogen-bond donors (Lipinski definition) is 2. The molecule has 5 nitrogen and oxygen atoms in total. The molecular formula is C14H20N2O3S. The Bertz CT molecular complexity index is 592. The predicted molar refractivity (Wildman–Crippen MR) is 80.1 cm³/mol. The summed E-state index contributed by atoms with van der Waals surface area (Å²) in [6.45, 7) is 3.86. The summed E-state index contributed by atoms with van der Waals surface area (Å²) >= 11 is 0. The van der Waals surface area contributed by atoms with E-state index in [1.165, 1.54) is 6.92 Å². The molecule has 1 aromatic carbocycles. The van der Waals surface area contributed by atoms with Gasteiger partial charge in [-0.1, -0.05) is 43.7 Å². The molecule has 0 radical (unpaired) electrons. The van der Waals surface area contributed by atoms with Gasteiger partial charge in [-0.3, -0.25) is 4.79 Å². The maximum absolute atomic E-state index is 12.2. The van der Waals surface area contributed by atoms with Crippen LogP contribution >= 0.6 is 0 Å². The fourth-order valence-corrected chi connectivity index (χ4v) is 2.20. The van der Waals surface area contributed by atoms with Gasteiger partial charge in [0.05, 0.1) is 10.5 Å². The van der Waals surface area contributed by atoms with E-state index < -0.39 is 15.9 Å². The third kappa shape index (κ3) is 4.47. The lowest BCUT2D eigenvalue weighted by atomic mass is 10.1. The zero-order chi connectivity index (χ0) is 15.2. The van der Waals surface area contributed by atoms with Crippen molar-refractivity contribution in [2.24, 2.45) is 5.14 Å². The monoisotopic (exact) mass is 296 g/mol. The van der Waals surface area contributed by atoms with Crippen LogP contribution in [-0.2, 0) is 14.8 Å². The van der Waals surface area contributed by atoms with Crippen molar-refractivity contribution in [1.82, 2.24) is 5.32 Å². The maximum Gasteiger partial charge on any atom is 0.252 e. The Kier molecular flexibility index (Phi) is 5.91. The predicted octanol–water partition coefficient (Wildman–Crippen LogP) is 1.62. The van der Waals surface area contributed by atoms with Gasteiger partial charge in [-0.05, 0) is 18.9 Å². The molecule has 0 atom stereocenters. The third-order valence-electron chi connectivity index (χ3n) is 2.88. The Labute approximate surface area is 119 Å².